The summed E-state index contributed by atoms with van der Waals surface area (Å²) in [6.45, 7) is 2.76. The van der Waals surface area contributed by atoms with Crippen molar-refractivity contribution in [1.29, 1.82) is 0 Å². The van der Waals surface area contributed by atoms with Crippen molar-refractivity contribution in [3.05, 3.63) is 69.7 Å². The lowest BCUT2D eigenvalue weighted by Crippen LogP contribution is -2.28. The molecule has 2 aromatic carbocycles. The molecule has 0 spiro atoms. The summed E-state index contributed by atoms with van der Waals surface area (Å²) in [5, 5.41) is 15.1. The number of hydrogen-bond acceptors (Lipinski definition) is 6. The zero-order valence-electron chi connectivity index (χ0n) is 18.6. The summed E-state index contributed by atoms with van der Waals surface area (Å²) in [6.07, 6.45) is 1.55. The number of halogens is 1. The number of hydrogen-bond donors (Lipinski definition) is 2. The summed E-state index contributed by atoms with van der Waals surface area (Å²) in [6, 6.07) is 14.7. The molecule has 0 aliphatic carbocycles. The van der Waals surface area contributed by atoms with Gasteiger partial charge in [0.25, 0.3) is 5.91 Å². The van der Waals surface area contributed by atoms with Crippen LogP contribution in [0.2, 0.25) is 5.02 Å². The van der Waals surface area contributed by atoms with Crippen molar-refractivity contribution in [3.8, 4) is 0 Å². The number of aryl methyl sites for hydroxylation is 1. The number of anilines is 2. The van der Waals surface area contributed by atoms with Crippen LogP contribution >= 0.6 is 22.9 Å². The lowest BCUT2D eigenvalue weighted by molar-refractivity contribution is -0.122. The molecule has 0 saturated carbocycles. The van der Waals surface area contributed by atoms with E-state index in [-0.39, 0.29) is 24.1 Å². The Kier molecular flexibility index (Phi) is 7.54. The van der Waals surface area contributed by atoms with Gasteiger partial charge in [0.1, 0.15) is 5.01 Å². The first kappa shape index (κ1) is 23.8. The fraction of sp³-hybridized carbons (Fsp3) is 0.292. The molecule has 0 bridgehead atoms. The third kappa shape index (κ3) is 5.60. The fourth-order valence-corrected chi connectivity index (χ4v) is 4.64. The Morgan fingerprint density at radius 1 is 1.15 bits per heavy atom. The van der Waals surface area contributed by atoms with E-state index < -0.39 is 5.92 Å². The van der Waals surface area contributed by atoms with Gasteiger partial charge in [-0.3, -0.25) is 14.4 Å². The summed E-state index contributed by atoms with van der Waals surface area (Å²) in [7, 11) is 0. The predicted molar refractivity (Wildman–Crippen MR) is 132 cm³/mol. The molecule has 1 aliphatic rings. The van der Waals surface area contributed by atoms with E-state index in [0.717, 1.165) is 12.1 Å². The van der Waals surface area contributed by atoms with Gasteiger partial charge in [0.15, 0.2) is 0 Å². The maximum atomic E-state index is 12.7. The third-order valence-corrected chi connectivity index (χ3v) is 6.82. The number of rotatable bonds is 8. The van der Waals surface area contributed by atoms with Crippen molar-refractivity contribution in [1.82, 2.24) is 15.5 Å². The summed E-state index contributed by atoms with van der Waals surface area (Å²) >= 11 is 7.28. The molecular formula is C24H24ClN5O3S. The summed E-state index contributed by atoms with van der Waals surface area (Å²) < 4.78 is 0. The fourth-order valence-electron chi connectivity index (χ4n) is 3.68. The summed E-state index contributed by atoms with van der Waals surface area (Å²) in [5.41, 5.74) is 2.41. The van der Waals surface area contributed by atoms with Crippen molar-refractivity contribution in [3.63, 3.8) is 0 Å². The van der Waals surface area contributed by atoms with Crippen molar-refractivity contribution < 1.29 is 14.4 Å². The zero-order chi connectivity index (χ0) is 24.1. The number of carbonyl (C=O) groups is 3. The third-order valence-electron chi connectivity index (χ3n) is 5.59. The molecule has 1 atom stereocenters. The number of nitrogens with zero attached hydrogens (tertiary/aromatic N) is 3. The van der Waals surface area contributed by atoms with E-state index in [4.69, 9.17) is 11.6 Å². The van der Waals surface area contributed by atoms with Gasteiger partial charge in [0.2, 0.25) is 16.9 Å². The number of aromatic nitrogens is 2. The van der Waals surface area contributed by atoms with E-state index >= 15 is 0 Å². The van der Waals surface area contributed by atoms with Gasteiger partial charge in [-0.15, -0.1) is 10.2 Å². The molecule has 4 rings (SSSR count). The average molecular weight is 498 g/mol. The maximum absolute atomic E-state index is 12.7. The minimum absolute atomic E-state index is 0.0726. The van der Waals surface area contributed by atoms with Gasteiger partial charge < -0.3 is 15.5 Å². The van der Waals surface area contributed by atoms with Crippen LogP contribution in [-0.4, -0.2) is 41.0 Å². The average Bonchev–Trinajstić information content (AvgIpc) is 3.45. The Morgan fingerprint density at radius 2 is 1.91 bits per heavy atom. The second-order valence-corrected chi connectivity index (χ2v) is 9.37. The molecule has 3 amide bonds. The lowest BCUT2D eigenvalue weighted by Gasteiger charge is -2.17. The van der Waals surface area contributed by atoms with Crippen molar-refractivity contribution >= 4 is 51.5 Å². The van der Waals surface area contributed by atoms with Gasteiger partial charge in [-0.05, 0) is 36.2 Å². The normalized spacial score (nSPS) is 15.4. The number of amides is 3. The largest absolute Gasteiger partial charge is 0.352 e. The quantitative estimate of drug-likeness (QED) is 0.493. The van der Waals surface area contributed by atoms with Crippen LogP contribution in [0.1, 0.15) is 34.3 Å². The van der Waals surface area contributed by atoms with Gasteiger partial charge in [0.05, 0.1) is 16.5 Å². The molecule has 10 heteroatoms. The first-order valence-corrected chi connectivity index (χ1v) is 12.2. The van der Waals surface area contributed by atoms with E-state index in [0.29, 0.717) is 40.2 Å². The van der Waals surface area contributed by atoms with E-state index in [1.54, 1.807) is 29.2 Å². The van der Waals surface area contributed by atoms with E-state index in [2.05, 4.69) is 27.8 Å². The Hall–Kier alpha value is -3.30. The first-order valence-electron chi connectivity index (χ1n) is 11.0. The standard InChI is InChI=1S/C24H24ClN5O3S/c1-2-15-7-9-17(10-8-15)30-14-16(13-21(30)31)22(32)27-24-29-28-20(34-24)11-12-26-23(33)18-5-3-4-6-19(18)25/h3-10,16H,2,11-14H2,1H3,(H,26,33)(H,27,29,32). The minimum Gasteiger partial charge on any atom is -0.352 e. The SMILES string of the molecule is CCc1ccc(N2CC(C(=O)Nc3nnc(CCNC(=O)c4ccccc4Cl)s3)CC2=O)cc1. The zero-order valence-corrected chi connectivity index (χ0v) is 20.2. The molecule has 1 aromatic heterocycles. The van der Waals surface area contributed by atoms with Crippen LogP contribution in [0.15, 0.2) is 48.5 Å². The summed E-state index contributed by atoms with van der Waals surface area (Å²) in [5.74, 6) is -1.04. The number of carbonyl (C=O) groups excluding carboxylic acids is 3. The number of nitrogens with one attached hydrogen (secondary N) is 2. The molecule has 0 radical (unpaired) electrons. The Labute approximate surface area is 206 Å². The van der Waals surface area contributed by atoms with Crippen LogP contribution < -0.4 is 15.5 Å². The topological polar surface area (TPSA) is 104 Å². The Balaban J connectivity index is 1.27. The molecule has 3 aromatic rings. The molecule has 2 N–H and O–H groups in total. The van der Waals surface area contributed by atoms with Crippen LogP contribution in [0.3, 0.4) is 0 Å². The van der Waals surface area contributed by atoms with E-state index in [1.165, 1.54) is 16.9 Å². The highest BCUT2D eigenvalue weighted by molar-refractivity contribution is 7.15. The van der Waals surface area contributed by atoms with Crippen molar-refractivity contribution in [2.24, 2.45) is 5.92 Å². The lowest BCUT2D eigenvalue weighted by atomic mass is 10.1. The number of benzene rings is 2. The predicted octanol–water partition coefficient (Wildman–Crippen LogP) is 3.72. The van der Waals surface area contributed by atoms with E-state index in [9.17, 15) is 14.4 Å². The molecule has 1 aliphatic heterocycles. The smallest absolute Gasteiger partial charge is 0.252 e. The van der Waals surface area contributed by atoms with Gasteiger partial charge in [-0.1, -0.05) is 54.1 Å². The van der Waals surface area contributed by atoms with Crippen molar-refractivity contribution in [2.75, 3.05) is 23.3 Å². The van der Waals surface area contributed by atoms with Gasteiger partial charge in [-0.25, -0.2) is 0 Å². The minimum atomic E-state index is -0.458. The molecule has 34 heavy (non-hydrogen) atoms. The maximum Gasteiger partial charge on any atom is 0.252 e. The van der Waals surface area contributed by atoms with Crippen LogP contribution in [0.5, 0.6) is 0 Å². The molecule has 8 nitrogen and oxygen atoms in total. The van der Waals surface area contributed by atoms with Crippen LogP contribution in [0, 0.1) is 5.92 Å². The second kappa shape index (κ2) is 10.8. The molecular weight excluding hydrogens is 474 g/mol. The summed E-state index contributed by atoms with van der Waals surface area (Å²) in [4.78, 5) is 39.1. The highest BCUT2D eigenvalue weighted by Crippen LogP contribution is 2.27. The van der Waals surface area contributed by atoms with Crippen LogP contribution in [-0.2, 0) is 22.4 Å². The first-order chi connectivity index (χ1) is 16.4. The molecule has 1 fully saturated rings. The molecule has 1 saturated heterocycles. The highest BCUT2D eigenvalue weighted by atomic mass is 35.5. The van der Waals surface area contributed by atoms with Gasteiger partial charge >= 0.3 is 0 Å². The molecule has 2 heterocycles. The monoisotopic (exact) mass is 497 g/mol. The second-order valence-electron chi connectivity index (χ2n) is 7.90. The molecule has 1 unspecified atom stereocenters. The van der Waals surface area contributed by atoms with E-state index in [1.807, 2.05) is 24.3 Å². The van der Waals surface area contributed by atoms with Gasteiger partial charge in [-0.2, -0.15) is 0 Å². The Bertz CT molecular complexity index is 1200. The molecule has 176 valence electrons. The van der Waals surface area contributed by atoms with Crippen molar-refractivity contribution in [2.45, 2.75) is 26.2 Å². The van der Waals surface area contributed by atoms with Gasteiger partial charge in [0, 0.05) is 31.6 Å². The van der Waals surface area contributed by atoms with Crippen LogP contribution in [0.25, 0.3) is 0 Å². The highest BCUT2D eigenvalue weighted by Gasteiger charge is 2.35. The Morgan fingerprint density at radius 3 is 2.65 bits per heavy atom. The van der Waals surface area contributed by atoms with Crippen LogP contribution in [0.4, 0.5) is 10.8 Å².